The molecular formula is C13H25NO2. The summed E-state index contributed by atoms with van der Waals surface area (Å²) in [6.07, 6.45) is 1.88. The minimum atomic E-state index is -0.802. The van der Waals surface area contributed by atoms with Gasteiger partial charge in [0.2, 0.25) is 5.91 Å². The van der Waals surface area contributed by atoms with E-state index in [1.54, 1.807) is 6.92 Å². The van der Waals surface area contributed by atoms with Gasteiger partial charge < -0.3 is 10.4 Å². The number of nitrogens with one attached hydrogen (secondary N) is 1. The fourth-order valence-corrected chi connectivity index (χ4v) is 1.92. The third kappa shape index (κ3) is 2.97. The van der Waals surface area contributed by atoms with E-state index in [2.05, 4.69) is 19.2 Å². The zero-order chi connectivity index (χ0) is 12.6. The van der Waals surface area contributed by atoms with Crippen molar-refractivity contribution in [2.75, 3.05) is 6.54 Å². The molecule has 3 heteroatoms. The maximum atomic E-state index is 11.8. The van der Waals surface area contributed by atoms with Crippen molar-refractivity contribution in [2.45, 2.75) is 53.1 Å². The highest BCUT2D eigenvalue weighted by molar-refractivity contribution is 5.82. The van der Waals surface area contributed by atoms with Crippen molar-refractivity contribution < 1.29 is 9.90 Å². The van der Waals surface area contributed by atoms with Crippen LogP contribution < -0.4 is 5.32 Å². The zero-order valence-corrected chi connectivity index (χ0v) is 11.1. The van der Waals surface area contributed by atoms with Crippen LogP contribution >= 0.6 is 0 Å². The standard InChI is InChI=1S/C13H25NO2/c1-6-9(2)13(5,16)8-14-11(15)10-7-12(10,3)4/h9-10,16H,6-8H2,1-5H3,(H,14,15). The van der Waals surface area contributed by atoms with Crippen LogP contribution in [0.3, 0.4) is 0 Å². The van der Waals surface area contributed by atoms with E-state index >= 15 is 0 Å². The molecule has 1 aliphatic rings. The second-order valence-corrected chi connectivity index (χ2v) is 6.13. The fraction of sp³-hybridized carbons (Fsp3) is 0.923. The van der Waals surface area contributed by atoms with Gasteiger partial charge in [0.1, 0.15) is 0 Å². The van der Waals surface area contributed by atoms with Gasteiger partial charge in [-0.25, -0.2) is 0 Å². The monoisotopic (exact) mass is 227 g/mol. The molecule has 1 saturated carbocycles. The number of aliphatic hydroxyl groups is 1. The van der Waals surface area contributed by atoms with Crippen molar-refractivity contribution in [1.82, 2.24) is 5.32 Å². The summed E-state index contributed by atoms with van der Waals surface area (Å²) in [5.74, 6) is 0.425. The molecule has 0 heterocycles. The molecule has 0 aromatic heterocycles. The Kier molecular flexibility index (Phi) is 3.68. The Balaban J connectivity index is 2.37. The van der Waals surface area contributed by atoms with E-state index in [4.69, 9.17) is 0 Å². The Morgan fingerprint density at radius 1 is 1.62 bits per heavy atom. The summed E-state index contributed by atoms with van der Waals surface area (Å²) < 4.78 is 0. The van der Waals surface area contributed by atoms with Crippen LogP contribution in [0.1, 0.15) is 47.5 Å². The lowest BCUT2D eigenvalue weighted by molar-refractivity contribution is -0.124. The van der Waals surface area contributed by atoms with Crippen molar-refractivity contribution in [1.29, 1.82) is 0 Å². The van der Waals surface area contributed by atoms with Crippen molar-refractivity contribution in [2.24, 2.45) is 17.3 Å². The Morgan fingerprint density at radius 2 is 2.12 bits per heavy atom. The predicted molar refractivity (Wildman–Crippen MR) is 65.0 cm³/mol. The van der Waals surface area contributed by atoms with Gasteiger partial charge >= 0.3 is 0 Å². The quantitative estimate of drug-likeness (QED) is 0.754. The lowest BCUT2D eigenvalue weighted by Crippen LogP contribution is -2.45. The maximum absolute atomic E-state index is 11.8. The first-order valence-electron chi connectivity index (χ1n) is 6.21. The molecule has 0 aromatic rings. The van der Waals surface area contributed by atoms with Gasteiger partial charge in [-0.15, -0.1) is 0 Å². The van der Waals surface area contributed by atoms with Crippen molar-refractivity contribution in [3.05, 3.63) is 0 Å². The molecule has 94 valence electrons. The largest absolute Gasteiger partial charge is 0.388 e. The molecule has 0 aliphatic heterocycles. The van der Waals surface area contributed by atoms with E-state index in [1.165, 1.54) is 0 Å². The molecular weight excluding hydrogens is 202 g/mol. The summed E-state index contributed by atoms with van der Waals surface area (Å²) in [7, 11) is 0. The third-order valence-electron chi connectivity index (χ3n) is 4.12. The maximum Gasteiger partial charge on any atom is 0.223 e. The molecule has 3 atom stereocenters. The lowest BCUT2D eigenvalue weighted by atomic mass is 9.88. The van der Waals surface area contributed by atoms with E-state index in [9.17, 15) is 9.90 Å². The van der Waals surface area contributed by atoms with Crippen molar-refractivity contribution in [3.63, 3.8) is 0 Å². The highest BCUT2D eigenvalue weighted by Crippen LogP contribution is 2.51. The highest BCUT2D eigenvalue weighted by Gasteiger charge is 2.50. The molecule has 0 aromatic carbocycles. The second kappa shape index (κ2) is 4.36. The van der Waals surface area contributed by atoms with Crippen LogP contribution in [-0.2, 0) is 4.79 Å². The van der Waals surface area contributed by atoms with E-state index < -0.39 is 5.60 Å². The molecule has 0 radical (unpaired) electrons. The second-order valence-electron chi connectivity index (χ2n) is 6.13. The number of hydrogen-bond donors (Lipinski definition) is 2. The summed E-state index contributed by atoms with van der Waals surface area (Å²) in [5.41, 5.74) is -0.643. The van der Waals surface area contributed by atoms with Crippen LogP contribution in [0.5, 0.6) is 0 Å². The van der Waals surface area contributed by atoms with Gasteiger partial charge in [0.25, 0.3) is 0 Å². The van der Waals surface area contributed by atoms with E-state index in [0.717, 1.165) is 12.8 Å². The summed E-state index contributed by atoms with van der Waals surface area (Å²) in [5, 5.41) is 13.0. The topological polar surface area (TPSA) is 49.3 Å². The number of hydrogen-bond acceptors (Lipinski definition) is 2. The molecule has 1 amide bonds. The summed E-state index contributed by atoms with van der Waals surface area (Å²) in [6, 6.07) is 0. The van der Waals surface area contributed by atoms with Crippen molar-refractivity contribution >= 4 is 5.91 Å². The minimum absolute atomic E-state index is 0.0913. The lowest BCUT2D eigenvalue weighted by Gasteiger charge is -2.29. The van der Waals surface area contributed by atoms with Gasteiger partial charge in [-0.1, -0.05) is 34.1 Å². The molecule has 3 unspecified atom stereocenters. The average molecular weight is 227 g/mol. The molecule has 0 spiro atoms. The van der Waals surface area contributed by atoms with Crippen LogP contribution in [0.25, 0.3) is 0 Å². The molecule has 16 heavy (non-hydrogen) atoms. The SMILES string of the molecule is CCC(C)C(C)(O)CNC(=O)C1CC1(C)C. The normalized spacial score (nSPS) is 28.0. The number of carbonyl (C=O) groups is 1. The Hall–Kier alpha value is -0.570. The van der Waals surface area contributed by atoms with Crippen LogP contribution in [0.2, 0.25) is 0 Å². The first kappa shape index (κ1) is 13.5. The molecule has 3 nitrogen and oxygen atoms in total. The van der Waals surface area contributed by atoms with Gasteiger partial charge in [-0.3, -0.25) is 4.79 Å². The Labute approximate surface area is 98.6 Å². The van der Waals surface area contributed by atoms with Crippen LogP contribution in [0.15, 0.2) is 0 Å². The van der Waals surface area contributed by atoms with Gasteiger partial charge in [0.05, 0.1) is 5.60 Å². The first-order valence-corrected chi connectivity index (χ1v) is 6.21. The van der Waals surface area contributed by atoms with E-state index in [0.29, 0.717) is 6.54 Å². The predicted octanol–water partition coefficient (Wildman–Crippen LogP) is 1.95. The van der Waals surface area contributed by atoms with E-state index in [-0.39, 0.29) is 23.2 Å². The van der Waals surface area contributed by atoms with Gasteiger partial charge in [-0.2, -0.15) is 0 Å². The Morgan fingerprint density at radius 3 is 2.50 bits per heavy atom. The molecule has 0 bridgehead atoms. The zero-order valence-electron chi connectivity index (χ0n) is 11.1. The van der Waals surface area contributed by atoms with Crippen LogP contribution in [-0.4, -0.2) is 23.2 Å². The molecule has 1 rings (SSSR count). The Bertz CT molecular complexity index is 271. The summed E-state index contributed by atoms with van der Waals surface area (Å²) >= 11 is 0. The third-order valence-corrected chi connectivity index (χ3v) is 4.12. The van der Waals surface area contributed by atoms with Gasteiger partial charge in [-0.05, 0) is 24.7 Å². The van der Waals surface area contributed by atoms with Gasteiger partial charge in [0, 0.05) is 12.5 Å². The average Bonchev–Trinajstić information content (AvgIpc) is 2.83. The molecule has 2 N–H and O–H groups in total. The van der Waals surface area contributed by atoms with Crippen LogP contribution in [0, 0.1) is 17.3 Å². The fourth-order valence-electron chi connectivity index (χ4n) is 1.92. The molecule has 1 aliphatic carbocycles. The number of carbonyl (C=O) groups excluding carboxylic acids is 1. The highest BCUT2D eigenvalue weighted by atomic mass is 16.3. The van der Waals surface area contributed by atoms with Crippen molar-refractivity contribution in [3.8, 4) is 0 Å². The van der Waals surface area contributed by atoms with Gasteiger partial charge in [0.15, 0.2) is 0 Å². The number of rotatable bonds is 5. The van der Waals surface area contributed by atoms with Crippen LogP contribution in [0.4, 0.5) is 0 Å². The number of amides is 1. The smallest absolute Gasteiger partial charge is 0.223 e. The molecule has 1 fully saturated rings. The first-order chi connectivity index (χ1) is 7.20. The summed E-state index contributed by atoms with van der Waals surface area (Å²) in [6.45, 7) is 10.4. The minimum Gasteiger partial charge on any atom is -0.388 e. The summed E-state index contributed by atoms with van der Waals surface area (Å²) in [4.78, 5) is 11.8. The molecule has 0 saturated heterocycles. The van der Waals surface area contributed by atoms with E-state index in [1.807, 2.05) is 13.8 Å².